The molecular weight excluding hydrogens is 390 g/mol. The molecule has 0 unspecified atom stereocenters. The summed E-state index contributed by atoms with van der Waals surface area (Å²) >= 11 is 0. The van der Waals surface area contributed by atoms with Crippen LogP contribution in [0.1, 0.15) is 36.7 Å². The van der Waals surface area contributed by atoms with Gasteiger partial charge in [-0.15, -0.1) is 10.2 Å². The Labute approximate surface area is 184 Å². The van der Waals surface area contributed by atoms with Gasteiger partial charge in [0.1, 0.15) is 17.3 Å². The van der Waals surface area contributed by atoms with Gasteiger partial charge in [-0.25, -0.2) is 0 Å². The minimum Gasteiger partial charge on any atom is -0.508 e. The van der Waals surface area contributed by atoms with E-state index in [4.69, 9.17) is 0 Å². The second kappa shape index (κ2) is 8.98. The molecular formula is C24H33N5O2. The molecule has 0 aliphatic rings. The highest BCUT2D eigenvalue weighted by atomic mass is 16.3. The van der Waals surface area contributed by atoms with E-state index < -0.39 is 0 Å². The molecule has 7 heteroatoms. The maximum atomic E-state index is 10.6. The van der Waals surface area contributed by atoms with Gasteiger partial charge < -0.3 is 20.0 Å². The molecule has 3 aromatic rings. The SMILES string of the molecule is Cc1ccc(-n2c(C)nnc2-c2cc(C(C)C)c(O)cc2O)cc1N(C)CCN(C)C. The van der Waals surface area contributed by atoms with E-state index in [0.717, 1.165) is 35.9 Å². The van der Waals surface area contributed by atoms with Crippen LogP contribution in [-0.4, -0.2) is 64.1 Å². The summed E-state index contributed by atoms with van der Waals surface area (Å²) in [6, 6.07) is 9.45. The number of phenols is 2. The molecule has 3 rings (SSSR count). The van der Waals surface area contributed by atoms with Gasteiger partial charge in [0, 0.05) is 31.9 Å². The Bertz CT molecular complexity index is 1070. The first-order valence-corrected chi connectivity index (χ1v) is 10.5. The van der Waals surface area contributed by atoms with Crippen molar-refractivity contribution >= 4 is 5.69 Å². The molecule has 2 aromatic carbocycles. The molecule has 0 atom stereocenters. The fourth-order valence-electron chi connectivity index (χ4n) is 3.70. The van der Waals surface area contributed by atoms with E-state index in [2.05, 4.69) is 60.2 Å². The highest BCUT2D eigenvalue weighted by molar-refractivity contribution is 5.70. The minimum absolute atomic E-state index is 0.0222. The molecule has 166 valence electrons. The Morgan fingerprint density at radius 3 is 2.29 bits per heavy atom. The third-order valence-corrected chi connectivity index (χ3v) is 5.58. The predicted octanol–water partition coefficient (Wildman–Crippen LogP) is 4.08. The normalized spacial score (nSPS) is 11.5. The third-order valence-electron chi connectivity index (χ3n) is 5.58. The zero-order chi connectivity index (χ0) is 22.9. The number of hydrogen-bond acceptors (Lipinski definition) is 6. The summed E-state index contributed by atoms with van der Waals surface area (Å²) in [4.78, 5) is 4.41. The largest absolute Gasteiger partial charge is 0.508 e. The molecule has 1 heterocycles. The zero-order valence-corrected chi connectivity index (χ0v) is 19.5. The molecule has 7 nitrogen and oxygen atoms in total. The average Bonchev–Trinajstić information content (AvgIpc) is 3.07. The van der Waals surface area contributed by atoms with Crippen LogP contribution in [0.25, 0.3) is 17.1 Å². The van der Waals surface area contributed by atoms with Gasteiger partial charge in [0.05, 0.1) is 11.3 Å². The fraction of sp³-hybridized carbons (Fsp3) is 0.417. The van der Waals surface area contributed by atoms with Crippen LogP contribution in [0.2, 0.25) is 0 Å². The molecule has 0 amide bonds. The van der Waals surface area contributed by atoms with Crippen LogP contribution in [0.15, 0.2) is 30.3 Å². The van der Waals surface area contributed by atoms with Gasteiger partial charge in [-0.1, -0.05) is 19.9 Å². The van der Waals surface area contributed by atoms with Crippen LogP contribution < -0.4 is 4.90 Å². The molecule has 0 aliphatic carbocycles. The number of rotatable bonds is 7. The molecule has 1 aromatic heterocycles. The van der Waals surface area contributed by atoms with Crippen LogP contribution in [-0.2, 0) is 0 Å². The molecule has 0 bridgehead atoms. The molecule has 0 radical (unpaired) electrons. The van der Waals surface area contributed by atoms with E-state index >= 15 is 0 Å². The number of benzene rings is 2. The Balaban J connectivity index is 2.10. The number of likely N-dealkylation sites (N-methyl/N-ethyl adjacent to an activating group) is 2. The number of nitrogens with zero attached hydrogens (tertiary/aromatic N) is 5. The van der Waals surface area contributed by atoms with Crippen molar-refractivity contribution in [1.29, 1.82) is 0 Å². The first-order valence-electron chi connectivity index (χ1n) is 10.5. The lowest BCUT2D eigenvalue weighted by atomic mass is 9.98. The summed E-state index contributed by atoms with van der Waals surface area (Å²) in [6.07, 6.45) is 0. The van der Waals surface area contributed by atoms with Gasteiger partial charge in [-0.05, 0) is 63.2 Å². The standard InChI is InChI=1S/C24H33N5O2/c1-15(2)19-13-20(23(31)14-22(19)30)24-26-25-17(4)29(24)18-9-8-16(3)21(12-18)28(7)11-10-27(5)6/h8-9,12-15,30-31H,10-11H2,1-7H3. The fourth-order valence-corrected chi connectivity index (χ4v) is 3.70. The first-order chi connectivity index (χ1) is 14.6. The molecule has 0 fully saturated rings. The van der Waals surface area contributed by atoms with E-state index in [1.807, 2.05) is 31.4 Å². The van der Waals surface area contributed by atoms with E-state index in [1.54, 1.807) is 6.07 Å². The number of phenolic OH excluding ortho intramolecular Hbond substituents is 2. The van der Waals surface area contributed by atoms with Gasteiger partial charge in [-0.3, -0.25) is 4.57 Å². The smallest absolute Gasteiger partial charge is 0.172 e. The number of aromatic hydroxyl groups is 2. The van der Waals surface area contributed by atoms with Gasteiger partial charge in [0.2, 0.25) is 0 Å². The van der Waals surface area contributed by atoms with Crippen molar-refractivity contribution in [3.8, 4) is 28.6 Å². The van der Waals surface area contributed by atoms with Gasteiger partial charge in [-0.2, -0.15) is 0 Å². The van der Waals surface area contributed by atoms with Crippen molar-refractivity contribution in [2.45, 2.75) is 33.6 Å². The van der Waals surface area contributed by atoms with Crippen molar-refractivity contribution in [1.82, 2.24) is 19.7 Å². The van der Waals surface area contributed by atoms with E-state index in [9.17, 15) is 10.2 Å². The summed E-state index contributed by atoms with van der Waals surface area (Å²) in [5, 5.41) is 29.5. The Morgan fingerprint density at radius 1 is 0.935 bits per heavy atom. The number of anilines is 1. The number of aryl methyl sites for hydroxylation is 2. The molecule has 2 N–H and O–H groups in total. The summed E-state index contributed by atoms with van der Waals surface area (Å²) < 4.78 is 1.94. The lowest BCUT2D eigenvalue weighted by Crippen LogP contribution is -2.29. The van der Waals surface area contributed by atoms with Gasteiger partial charge in [0.15, 0.2) is 5.82 Å². The van der Waals surface area contributed by atoms with Crippen LogP contribution in [0, 0.1) is 13.8 Å². The Morgan fingerprint density at radius 2 is 1.65 bits per heavy atom. The number of aromatic nitrogens is 3. The average molecular weight is 424 g/mol. The lowest BCUT2D eigenvalue weighted by molar-refractivity contribution is 0.416. The van der Waals surface area contributed by atoms with E-state index in [0.29, 0.717) is 11.4 Å². The molecule has 0 saturated carbocycles. The minimum atomic E-state index is -0.0222. The third kappa shape index (κ3) is 4.66. The van der Waals surface area contributed by atoms with Crippen LogP contribution in [0.4, 0.5) is 5.69 Å². The highest BCUT2D eigenvalue weighted by Gasteiger charge is 2.20. The van der Waals surface area contributed by atoms with Gasteiger partial charge in [0.25, 0.3) is 0 Å². The van der Waals surface area contributed by atoms with Crippen molar-refractivity contribution in [2.24, 2.45) is 0 Å². The van der Waals surface area contributed by atoms with E-state index in [1.165, 1.54) is 11.6 Å². The summed E-state index contributed by atoms with van der Waals surface area (Å²) in [5.74, 6) is 1.43. The van der Waals surface area contributed by atoms with Crippen LogP contribution >= 0.6 is 0 Å². The topological polar surface area (TPSA) is 77.6 Å². The van der Waals surface area contributed by atoms with Crippen molar-refractivity contribution in [2.75, 3.05) is 39.1 Å². The number of hydrogen-bond donors (Lipinski definition) is 2. The Hall–Kier alpha value is -3.06. The molecule has 0 aliphatic heterocycles. The lowest BCUT2D eigenvalue weighted by Gasteiger charge is -2.24. The van der Waals surface area contributed by atoms with Crippen LogP contribution in [0.5, 0.6) is 11.5 Å². The summed E-state index contributed by atoms with van der Waals surface area (Å²) in [7, 11) is 6.23. The monoisotopic (exact) mass is 423 g/mol. The highest BCUT2D eigenvalue weighted by Crippen LogP contribution is 2.38. The van der Waals surface area contributed by atoms with Crippen molar-refractivity contribution in [3.63, 3.8) is 0 Å². The maximum absolute atomic E-state index is 10.6. The zero-order valence-electron chi connectivity index (χ0n) is 19.5. The quantitative estimate of drug-likeness (QED) is 0.596. The molecule has 0 spiro atoms. The van der Waals surface area contributed by atoms with Crippen molar-refractivity contribution < 1.29 is 10.2 Å². The van der Waals surface area contributed by atoms with Gasteiger partial charge >= 0.3 is 0 Å². The first kappa shape index (κ1) is 22.6. The Kier molecular flexibility index (Phi) is 6.55. The summed E-state index contributed by atoms with van der Waals surface area (Å²) in [5.41, 5.74) is 4.55. The van der Waals surface area contributed by atoms with Crippen LogP contribution in [0.3, 0.4) is 0 Å². The summed E-state index contributed by atoms with van der Waals surface area (Å²) in [6.45, 7) is 9.86. The maximum Gasteiger partial charge on any atom is 0.172 e. The second-order valence-electron chi connectivity index (χ2n) is 8.68. The molecule has 0 saturated heterocycles. The molecule has 31 heavy (non-hydrogen) atoms. The second-order valence-corrected chi connectivity index (χ2v) is 8.68. The van der Waals surface area contributed by atoms with E-state index in [-0.39, 0.29) is 17.4 Å². The predicted molar refractivity (Wildman–Crippen MR) is 126 cm³/mol. The van der Waals surface area contributed by atoms with Crippen molar-refractivity contribution in [3.05, 3.63) is 47.3 Å².